The molecule has 2 aromatic rings. The lowest BCUT2D eigenvalue weighted by Gasteiger charge is -2.12. The van der Waals surface area contributed by atoms with Crippen LogP contribution in [0.25, 0.3) is 0 Å². The molecule has 5 heteroatoms. The SMILES string of the molecule is Cc1ccc(F)cc1Nc1cc(C(N)=O)ccc1N. The minimum atomic E-state index is -0.543. The van der Waals surface area contributed by atoms with Crippen molar-refractivity contribution in [1.82, 2.24) is 0 Å². The predicted molar refractivity (Wildman–Crippen MR) is 73.8 cm³/mol. The van der Waals surface area contributed by atoms with Crippen molar-refractivity contribution in [2.75, 3.05) is 11.1 Å². The van der Waals surface area contributed by atoms with Crippen LogP contribution < -0.4 is 16.8 Å². The van der Waals surface area contributed by atoms with Gasteiger partial charge in [-0.25, -0.2) is 4.39 Å². The second-order valence-corrected chi connectivity index (χ2v) is 4.25. The first kappa shape index (κ1) is 12.9. The number of carbonyl (C=O) groups is 1. The van der Waals surface area contributed by atoms with Crippen LogP contribution in [0.15, 0.2) is 36.4 Å². The predicted octanol–water partition coefficient (Wildman–Crippen LogP) is 2.56. The van der Waals surface area contributed by atoms with Crippen LogP contribution in [0.2, 0.25) is 0 Å². The van der Waals surface area contributed by atoms with E-state index in [-0.39, 0.29) is 5.82 Å². The highest BCUT2D eigenvalue weighted by atomic mass is 19.1. The number of carbonyl (C=O) groups excluding carboxylic acids is 1. The van der Waals surface area contributed by atoms with Crippen LogP contribution in [0.1, 0.15) is 15.9 Å². The van der Waals surface area contributed by atoms with Crippen LogP contribution in [0.3, 0.4) is 0 Å². The third kappa shape index (κ3) is 2.82. The lowest BCUT2D eigenvalue weighted by molar-refractivity contribution is 0.100. The third-order valence-corrected chi connectivity index (χ3v) is 2.81. The number of primary amides is 1. The topological polar surface area (TPSA) is 81.1 Å². The molecule has 0 unspecified atom stereocenters. The number of amides is 1. The first-order valence-electron chi connectivity index (χ1n) is 5.70. The Labute approximate surface area is 110 Å². The molecule has 2 rings (SSSR count). The van der Waals surface area contributed by atoms with E-state index in [2.05, 4.69) is 5.32 Å². The van der Waals surface area contributed by atoms with Crippen LogP contribution in [-0.4, -0.2) is 5.91 Å². The summed E-state index contributed by atoms with van der Waals surface area (Å²) in [4.78, 5) is 11.1. The highest BCUT2D eigenvalue weighted by Crippen LogP contribution is 2.26. The molecule has 0 saturated heterocycles. The molecule has 0 bridgehead atoms. The number of nitrogen functional groups attached to an aromatic ring is 1. The van der Waals surface area contributed by atoms with E-state index in [1.807, 2.05) is 6.92 Å². The molecule has 0 fully saturated rings. The molecule has 2 aromatic carbocycles. The first-order valence-corrected chi connectivity index (χ1v) is 5.70. The lowest BCUT2D eigenvalue weighted by Crippen LogP contribution is -2.11. The monoisotopic (exact) mass is 259 g/mol. The third-order valence-electron chi connectivity index (χ3n) is 2.81. The molecule has 19 heavy (non-hydrogen) atoms. The van der Waals surface area contributed by atoms with Crippen molar-refractivity contribution in [3.63, 3.8) is 0 Å². The Morgan fingerprint density at radius 2 is 1.89 bits per heavy atom. The molecule has 0 aliphatic rings. The summed E-state index contributed by atoms with van der Waals surface area (Å²) in [5, 5.41) is 3.00. The Kier molecular flexibility index (Phi) is 3.37. The van der Waals surface area contributed by atoms with Crippen molar-refractivity contribution in [3.05, 3.63) is 53.3 Å². The number of rotatable bonds is 3. The minimum absolute atomic E-state index is 0.339. The van der Waals surface area contributed by atoms with Gasteiger partial charge >= 0.3 is 0 Å². The highest BCUT2D eigenvalue weighted by Gasteiger charge is 2.07. The van der Waals surface area contributed by atoms with Crippen molar-refractivity contribution < 1.29 is 9.18 Å². The summed E-state index contributed by atoms with van der Waals surface area (Å²) in [6.45, 7) is 1.84. The van der Waals surface area contributed by atoms with Gasteiger partial charge in [0.05, 0.1) is 11.4 Å². The summed E-state index contributed by atoms with van der Waals surface area (Å²) in [7, 11) is 0. The molecule has 1 amide bonds. The van der Waals surface area contributed by atoms with Gasteiger partial charge in [-0.2, -0.15) is 0 Å². The second kappa shape index (κ2) is 4.97. The quantitative estimate of drug-likeness (QED) is 0.741. The minimum Gasteiger partial charge on any atom is -0.397 e. The van der Waals surface area contributed by atoms with Gasteiger partial charge in [-0.15, -0.1) is 0 Å². The summed E-state index contributed by atoms with van der Waals surface area (Å²) in [6, 6.07) is 9.07. The van der Waals surface area contributed by atoms with Gasteiger partial charge < -0.3 is 16.8 Å². The summed E-state index contributed by atoms with van der Waals surface area (Å²) >= 11 is 0. The molecule has 0 aliphatic carbocycles. The average Bonchev–Trinajstić information content (AvgIpc) is 2.36. The van der Waals surface area contributed by atoms with Crippen LogP contribution in [0, 0.1) is 12.7 Å². The maximum atomic E-state index is 13.2. The largest absolute Gasteiger partial charge is 0.397 e. The van der Waals surface area contributed by atoms with Gasteiger partial charge in [-0.1, -0.05) is 6.07 Å². The van der Waals surface area contributed by atoms with Gasteiger partial charge in [0.25, 0.3) is 0 Å². The number of hydrogen-bond acceptors (Lipinski definition) is 3. The Morgan fingerprint density at radius 1 is 1.16 bits per heavy atom. The van der Waals surface area contributed by atoms with E-state index < -0.39 is 5.91 Å². The average molecular weight is 259 g/mol. The zero-order chi connectivity index (χ0) is 14.0. The standard InChI is InChI=1S/C14H14FN3O/c1-8-2-4-10(15)7-12(8)18-13-6-9(14(17)19)3-5-11(13)16/h2-7,18H,16H2,1H3,(H2,17,19). The van der Waals surface area contributed by atoms with Crippen molar-refractivity contribution in [2.24, 2.45) is 5.73 Å². The molecule has 98 valence electrons. The van der Waals surface area contributed by atoms with Crippen molar-refractivity contribution >= 4 is 23.0 Å². The summed E-state index contributed by atoms with van der Waals surface area (Å²) in [5.41, 5.74) is 13.8. The van der Waals surface area contributed by atoms with Crippen LogP contribution in [0.4, 0.5) is 21.5 Å². The number of aryl methyl sites for hydroxylation is 1. The van der Waals surface area contributed by atoms with Gasteiger partial charge in [-0.3, -0.25) is 4.79 Å². The normalized spacial score (nSPS) is 10.2. The Morgan fingerprint density at radius 3 is 2.58 bits per heavy atom. The summed E-state index contributed by atoms with van der Waals surface area (Å²) < 4.78 is 13.2. The van der Waals surface area contributed by atoms with Gasteiger partial charge in [0.2, 0.25) is 5.91 Å². The van der Waals surface area contributed by atoms with E-state index in [1.54, 1.807) is 24.3 Å². The number of halogens is 1. The van der Waals surface area contributed by atoms with E-state index in [0.29, 0.717) is 22.6 Å². The number of anilines is 3. The number of benzene rings is 2. The Balaban J connectivity index is 2.40. The molecule has 0 aliphatic heterocycles. The van der Waals surface area contributed by atoms with Gasteiger partial charge in [0.1, 0.15) is 5.82 Å². The highest BCUT2D eigenvalue weighted by molar-refractivity contribution is 5.95. The summed E-state index contributed by atoms with van der Waals surface area (Å²) in [5.74, 6) is -0.892. The zero-order valence-electron chi connectivity index (χ0n) is 10.4. The second-order valence-electron chi connectivity index (χ2n) is 4.25. The molecule has 4 nitrogen and oxygen atoms in total. The lowest BCUT2D eigenvalue weighted by atomic mass is 10.1. The maximum Gasteiger partial charge on any atom is 0.248 e. The van der Waals surface area contributed by atoms with Crippen LogP contribution >= 0.6 is 0 Å². The van der Waals surface area contributed by atoms with Crippen LogP contribution in [0.5, 0.6) is 0 Å². The number of hydrogen-bond donors (Lipinski definition) is 3. The maximum absolute atomic E-state index is 13.2. The van der Waals surface area contributed by atoms with Crippen molar-refractivity contribution in [3.8, 4) is 0 Å². The van der Waals surface area contributed by atoms with Crippen molar-refractivity contribution in [2.45, 2.75) is 6.92 Å². The first-order chi connectivity index (χ1) is 8.97. The molecule has 0 atom stereocenters. The molecule has 0 aromatic heterocycles. The van der Waals surface area contributed by atoms with E-state index >= 15 is 0 Å². The fourth-order valence-electron chi connectivity index (χ4n) is 1.69. The van der Waals surface area contributed by atoms with Gasteiger partial charge in [0.15, 0.2) is 0 Å². The zero-order valence-corrected chi connectivity index (χ0v) is 10.4. The van der Waals surface area contributed by atoms with Crippen molar-refractivity contribution in [1.29, 1.82) is 0 Å². The molecule has 0 spiro atoms. The van der Waals surface area contributed by atoms with E-state index in [9.17, 15) is 9.18 Å². The molecule has 5 N–H and O–H groups in total. The van der Waals surface area contributed by atoms with E-state index in [1.165, 1.54) is 12.1 Å². The van der Waals surface area contributed by atoms with Gasteiger partial charge in [-0.05, 0) is 42.8 Å². The number of nitrogens with one attached hydrogen (secondary N) is 1. The fraction of sp³-hybridized carbons (Fsp3) is 0.0714. The smallest absolute Gasteiger partial charge is 0.248 e. The molecule has 0 saturated carbocycles. The Bertz CT molecular complexity index is 641. The Hall–Kier alpha value is -2.56. The molecule has 0 radical (unpaired) electrons. The fourth-order valence-corrected chi connectivity index (χ4v) is 1.69. The number of nitrogens with two attached hydrogens (primary N) is 2. The van der Waals surface area contributed by atoms with Gasteiger partial charge in [0, 0.05) is 11.3 Å². The molecular formula is C14H14FN3O. The van der Waals surface area contributed by atoms with E-state index in [0.717, 1.165) is 5.56 Å². The summed E-state index contributed by atoms with van der Waals surface area (Å²) in [6.07, 6.45) is 0. The van der Waals surface area contributed by atoms with E-state index in [4.69, 9.17) is 11.5 Å². The molecular weight excluding hydrogens is 245 g/mol. The molecule has 0 heterocycles. The van der Waals surface area contributed by atoms with Crippen LogP contribution in [-0.2, 0) is 0 Å².